The second-order valence-electron chi connectivity index (χ2n) is 7.89. The Bertz CT molecular complexity index is 576. The summed E-state index contributed by atoms with van der Waals surface area (Å²) in [6.45, 7) is 11.9. The average Bonchev–Trinajstić information content (AvgIpc) is 2.66. The van der Waals surface area contributed by atoms with E-state index in [9.17, 15) is 4.79 Å². The van der Waals surface area contributed by atoms with Crippen LogP contribution in [0.25, 0.3) is 0 Å². The zero-order valence-corrected chi connectivity index (χ0v) is 15.2. The number of esters is 1. The maximum absolute atomic E-state index is 11.9. The predicted octanol–water partition coefficient (Wildman–Crippen LogP) is 2.73. The largest absolute Gasteiger partial charge is 0.494 e. The van der Waals surface area contributed by atoms with Gasteiger partial charge in [-0.25, -0.2) is 0 Å². The Balaban J connectivity index is 2.20. The Hall–Kier alpha value is -1.33. The lowest BCUT2D eigenvalue weighted by Crippen LogP contribution is -2.41. The van der Waals surface area contributed by atoms with Crippen molar-refractivity contribution >= 4 is 18.6 Å². The molecule has 0 spiro atoms. The molecular formula is C18H27BO4. The lowest BCUT2D eigenvalue weighted by molar-refractivity contribution is -0.150. The van der Waals surface area contributed by atoms with Crippen LogP contribution in [0.15, 0.2) is 24.3 Å². The van der Waals surface area contributed by atoms with Crippen molar-refractivity contribution in [3.05, 3.63) is 29.8 Å². The maximum atomic E-state index is 11.9. The highest BCUT2D eigenvalue weighted by Gasteiger charge is 2.51. The van der Waals surface area contributed by atoms with Gasteiger partial charge < -0.3 is 14.0 Å². The smallest absolute Gasteiger partial charge is 0.469 e. The summed E-state index contributed by atoms with van der Waals surface area (Å²) in [4.78, 5) is 11.9. The first-order valence-electron chi connectivity index (χ1n) is 8.01. The Labute approximate surface area is 139 Å². The van der Waals surface area contributed by atoms with Gasteiger partial charge in [-0.2, -0.15) is 0 Å². The standard InChI is InChI=1S/C18H27BO4/c1-16(2,15(20)21-7)12-13-9-8-10-14(11-13)19-22-17(3,4)18(5,6)23-19/h8-11H,12H2,1-7H3. The van der Waals surface area contributed by atoms with Crippen molar-refractivity contribution in [2.24, 2.45) is 5.41 Å². The average molecular weight is 318 g/mol. The van der Waals surface area contributed by atoms with Crippen molar-refractivity contribution in [3.63, 3.8) is 0 Å². The fourth-order valence-electron chi connectivity index (χ4n) is 2.69. The van der Waals surface area contributed by atoms with Gasteiger partial charge in [-0.15, -0.1) is 0 Å². The number of carbonyl (C=O) groups excluding carboxylic acids is 1. The number of methoxy groups -OCH3 is 1. The van der Waals surface area contributed by atoms with Gasteiger partial charge in [-0.1, -0.05) is 24.3 Å². The Kier molecular flexibility index (Phi) is 4.66. The summed E-state index contributed by atoms with van der Waals surface area (Å²) in [5.41, 5.74) is 0.746. The lowest BCUT2D eigenvalue weighted by atomic mass is 9.76. The van der Waals surface area contributed by atoms with E-state index >= 15 is 0 Å². The van der Waals surface area contributed by atoms with Crippen LogP contribution in [0, 0.1) is 5.41 Å². The third kappa shape index (κ3) is 3.61. The van der Waals surface area contributed by atoms with Crippen molar-refractivity contribution < 1.29 is 18.8 Å². The molecule has 0 N–H and O–H groups in total. The summed E-state index contributed by atoms with van der Waals surface area (Å²) in [6.07, 6.45) is 0.604. The second-order valence-corrected chi connectivity index (χ2v) is 7.89. The van der Waals surface area contributed by atoms with Crippen molar-refractivity contribution in [2.75, 3.05) is 7.11 Å². The molecule has 0 aliphatic carbocycles. The van der Waals surface area contributed by atoms with Gasteiger partial charge in [0.15, 0.2) is 0 Å². The molecule has 1 aromatic rings. The highest BCUT2D eigenvalue weighted by Crippen LogP contribution is 2.36. The number of rotatable bonds is 4. The topological polar surface area (TPSA) is 44.8 Å². The Morgan fingerprint density at radius 2 is 1.74 bits per heavy atom. The van der Waals surface area contributed by atoms with Gasteiger partial charge >= 0.3 is 13.1 Å². The van der Waals surface area contributed by atoms with E-state index in [-0.39, 0.29) is 24.3 Å². The molecule has 23 heavy (non-hydrogen) atoms. The highest BCUT2D eigenvalue weighted by molar-refractivity contribution is 6.62. The molecular weight excluding hydrogens is 291 g/mol. The Morgan fingerprint density at radius 3 is 2.26 bits per heavy atom. The molecule has 126 valence electrons. The van der Waals surface area contributed by atoms with Crippen LogP contribution in [0.3, 0.4) is 0 Å². The predicted molar refractivity (Wildman–Crippen MR) is 91.7 cm³/mol. The molecule has 0 radical (unpaired) electrons. The van der Waals surface area contributed by atoms with Crippen LogP contribution in [0.5, 0.6) is 0 Å². The fraction of sp³-hybridized carbons (Fsp3) is 0.611. The van der Waals surface area contributed by atoms with Crippen LogP contribution in [-0.2, 0) is 25.3 Å². The van der Waals surface area contributed by atoms with Crippen molar-refractivity contribution in [2.45, 2.75) is 59.2 Å². The van der Waals surface area contributed by atoms with Gasteiger partial charge in [-0.05, 0) is 59.0 Å². The van der Waals surface area contributed by atoms with Crippen molar-refractivity contribution in [3.8, 4) is 0 Å². The molecule has 1 aliphatic rings. The third-order valence-electron chi connectivity index (χ3n) is 4.86. The molecule has 1 aliphatic heterocycles. The van der Waals surface area contributed by atoms with Crippen molar-refractivity contribution in [1.29, 1.82) is 0 Å². The number of hydrogen-bond acceptors (Lipinski definition) is 4. The molecule has 1 saturated heterocycles. The summed E-state index contributed by atoms with van der Waals surface area (Å²) in [7, 11) is 1.03. The van der Waals surface area contributed by atoms with E-state index in [1.807, 2.05) is 65.8 Å². The Morgan fingerprint density at radius 1 is 1.17 bits per heavy atom. The molecule has 0 saturated carbocycles. The van der Waals surface area contributed by atoms with Crippen LogP contribution in [0.1, 0.15) is 47.1 Å². The normalized spacial score (nSPS) is 19.7. The van der Waals surface area contributed by atoms with Gasteiger partial charge in [-0.3, -0.25) is 4.79 Å². The lowest BCUT2D eigenvalue weighted by Gasteiger charge is -2.32. The van der Waals surface area contributed by atoms with Gasteiger partial charge in [0.05, 0.1) is 23.7 Å². The molecule has 0 atom stereocenters. The molecule has 1 fully saturated rings. The summed E-state index contributed by atoms with van der Waals surface area (Å²) < 4.78 is 17.1. The number of ether oxygens (including phenoxy) is 1. The summed E-state index contributed by atoms with van der Waals surface area (Å²) in [5.74, 6) is -0.210. The first-order valence-corrected chi connectivity index (χ1v) is 8.01. The van der Waals surface area contributed by atoms with E-state index in [1.165, 1.54) is 7.11 Å². The zero-order valence-electron chi connectivity index (χ0n) is 15.2. The first kappa shape index (κ1) is 18.0. The first-order chi connectivity index (χ1) is 10.5. The van der Waals surface area contributed by atoms with E-state index in [0.717, 1.165) is 11.0 Å². The second kappa shape index (κ2) is 5.95. The van der Waals surface area contributed by atoms with Crippen LogP contribution in [0.4, 0.5) is 0 Å². The molecule has 2 rings (SSSR count). The number of benzene rings is 1. The molecule has 4 nitrogen and oxygen atoms in total. The quantitative estimate of drug-likeness (QED) is 0.632. The minimum atomic E-state index is -0.566. The highest BCUT2D eigenvalue weighted by atomic mass is 16.7. The third-order valence-corrected chi connectivity index (χ3v) is 4.86. The van der Waals surface area contributed by atoms with E-state index in [4.69, 9.17) is 14.0 Å². The van der Waals surface area contributed by atoms with Crippen molar-refractivity contribution in [1.82, 2.24) is 0 Å². The van der Waals surface area contributed by atoms with E-state index in [1.54, 1.807) is 0 Å². The van der Waals surface area contributed by atoms with Crippen LogP contribution >= 0.6 is 0 Å². The fourth-order valence-corrected chi connectivity index (χ4v) is 2.69. The molecule has 1 aromatic carbocycles. The zero-order chi connectivity index (χ0) is 17.5. The minimum absolute atomic E-state index is 0.210. The molecule has 0 bridgehead atoms. The maximum Gasteiger partial charge on any atom is 0.494 e. The molecule has 0 amide bonds. The molecule has 1 heterocycles. The minimum Gasteiger partial charge on any atom is -0.469 e. The number of hydrogen-bond donors (Lipinski definition) is 0. The van der Waals surface area contributed by atoms with E-state index < -0.39 is 5.41 Å². The SMILES string of the molecule is COC(=O)C(C)(C)Cc1cccc(B2OC(C)(C)C(C)(C)O2)c1. The van der Waals surface area contributed by atoms with Gasteiger partial charge in [0.25, 0.3) is 0 Å². The number of carbonyl (C=O) groups is 1. The van der Waals surface area contributed by atoms with Crippen LogP contribution < -0.4 is 5.46 Å². The van der Waals surface area contributed by atoms with Crippen LogP contribution in [0.2, 0.25) is 0 Å². The summed E-state index contributed by atoms with van der Waals surface area (Å²) in [5, 5.41) is 0. The molecule has 0 unspecified atom stereocenters. The van der Waals surface area contributed by atoms with E-state index in [2.05, 4.69) is 0 Å². The summed E-state index contributed by atoms with van der Waals surface area (Å²) in [6, 6.07) is 8.03. The summed E-state index contributed by atoms with van der Waals surface area (Å²) >= 11 is 0. The molecule has 0 aromatic heterocycles. The monoisotopic (exact) mass is 318 g/mol. The van der Waals surface area contributed by atoms with Gasteiger partial charge in [0.1, 0.15) is 0 Å². The van der Waals surface area contributed by atoms with Crippen LogP contribution in [-0.4, -0.2) is 31.4 Å². The van der Waals surface area contributed by atoms with Gasteiger partial charge in [0.2, 0.25) is 0 Å². The molecule has 5 heteroatoms. The van der Waals surface area contributed by atoms with Gasteiger partial charge in [0, 0.05) is 0 Å². The van der Waals surface area contributed by atoms with E-state index in [0.29, 0.717) is 6.42 Å².